The summed E-state index contributed by atoms with van der Waals surface area (Å²) in [5.74, 6) is 0.472. The van der Waals surface area contributed by atoms with E-state index >= 15 is 0 Å². The molecule has 0 atom stereocenters. The smallest absolute Gasteiger partial charge is 0.151 e. The number of aromatic nitrogens is 6. The van der Waals surface area contributed by atoms with Crippen molar-refractivity contribution < 1.29 is 0 Å². The van der Waals surface area contributed by atoms with Gasteiger partial charge in [0.15, 0.2) is 5.82 Å². The summed E-state index contributed by atoms with van der Waals surface area (Å²) in [5, 5.41) is 14.0. The number of aryl methyl sites for hydroxylation is 2. The van der Waals surface area contributed by atoms with Gasteiger partial charge in [-0.3, -0.25) is 9.67 Å². The SMILES string of the molecule is Cc1cccnc1CNCCCc1cc(-c2ccc3cn(Cc4ccccc4)nc3c2)c2c(N)ncnn12. The predicted octanol–water partition coefficient (Wildman–Crippen LogP) is 4.80. The normalized spacial score (nSPS) is 11.5. The number of nitrogens with zero attached hydrogens (tertiary/aromatic N) is 6. The van der Waals surface area contributed by atoms with Gasteiger partial charge in [-0.2, -0.15) is 10.2 Å². The first-order valence-corrected chi connectivity index (χ1v) is 12.9. The number of nitrogen functional groups attached to an aromatic ring is 1. The summed E-state index contributed by atoms with van der Waals surface area (Å²) in [6, 6.07) is 23.0. The van der Waals surface area contributed by atoms with Gasteiger partial charge in [-0.05, 0) is 61.2 Å². The van der Waals surface area contributed by atoms with Gasteiger partial charge in [0.1, 0.15) is 11.8 Å². The van der Waals surface area contributed by atoms with Crippen LogP contribution in [0.5, 0.6) is 0 Å². The van der Waals surface area contributed by atoms with Crippen molar-refractivity contribution in [3.63, 3.8) is 0 Å². The number of rotatable bonds is 9. The molecule has 0 aliphatic heterocycles. The van der Waals surface area contributed by atoms with Crippen LogP contribution in [0.4, 0.5) is 5.82 Å². The second-order valence-electron chi connectivity index (χ2n) is 9.59. The molecule has 0 radical (unpaired) electrons. The predicted molar refractivity (Wildman–Crippen MR) is 151 cm³/mol. The zero-order chi connectivity index (χ0) is 25.9. The van der Waals surface area contributed by atoms with E-state index in [-0.39, 0.29) is 0 Å². The molecular weight excluding hydrogens is 472 g/mol. The van der Waals surface area contributed by atoms with Gasteiger partial charge in [-0.25, -0.2) is 9.50 Å². The molecule has 6 aromatic rings. The molecule has 8 heteroatoms. The highest BCUT2D eigenvalue weighted by Gasteiger charge is 2.16. The monoisotopic (exact) mass is 502 g/mol. The fraction of sp³-hybridized carbons (Fsp3) is 0.200. The molecule has 8 nitrogen and oxygen atoms in total. The Labute approximate surface area is 221 Å². The van der Waals surface area contributed by atoms with Crippen molar-refractivity contribution in [3.05, 3.63) is 108 Å². The largest absolute Gasteiger partial charge is 0.382 e. The van der Waals surface area contributed by atoms with Gasteiger partial charge in [0.2, 0.25) is 0 Å². The summed E-state index contributed by atoms with van der Waals surface area (Å²) in [5.41, 5.74) is 14.8. The zero-order valence-corrected chi connectivity index (χ0v) is 21.4. The number of benzene rings is 2. The highest BCUT2D eigenvalue weighted by molar-refractivity contribution is 5.92. The number of anilines is 1. The van der Waals surface area contributed by atoms with Crippen LogP contribution in [0, 0.1) is 6.92 Å². The van der Waals surface area contributed by atoms with Crippen molar-refractivity contribution in [2.75, 3.05) is 12.3 Å². The topological polar surface area (TPSA) is 99.0 Å². The van der Waals surface area contributed by atoms with E-state index in [1.54, 1.807) is 0 Å². The first kappa shape index (κ1) is 23.8. The molecule has 190 valence electrons. The Kier molecular flexibility index (Phi) is 6.54. The summed E-state index contributed by atoms with van der Waals surface area (Å²) in [6.45, 7) is 4.47. The Morgan fingerprint density at radius 1 is 0.974 bits per heavy atom. The van der Waals surface area contributed by atoms with E-state index in [4.69, 9.17) is 10.8 Å². The lowest BCUT2D eigenvalue weighted by Gasteiger charge is -2.07. The Bertz CT molecular complexity index is 1700. The van der Waals surface area contributed by atoms with E-state index in [0.717, 1.165) is 71.4 Å². The number of fused-ring (bicyclic) bond motifs is 2. The van der Waals surface area contributed by atoms with Crippen molar-refractivity contribution in [2.24, 2.45) is 0 Å². The zero-order valence-electron chi connectivity index (χ0n) is 21.4. The quantitative estimate of drug-likeness (QED) is 0.276. The van der Waals surface area contributed by atoms with E-state index in [2.05, 4.69) is 88.1 Å². The summed E-state index contributed by atoms with van der Waals surface area (Å²) >= 11 is 0. The fourth-order valence-corrected chi connectivity index (χ4v) is 4.92. The minimum Gasteiger partial charge on any atom is -0.382 e. The van der Waals surface area contributed by atoms with Gasteiger partial charge < -0.3 is 11.1 Å². The molecule has 0 amide bonds. The van der Waals surface area contributed by atoms with Crippen molar-refractivity contribution in [2.45, 2.75) is 32.9 Å². The van der Waals surface area contributed by atoms with Crippen LogP contribution in [0.3, 0.4) is 0 Å². The fourth-order valence-electron chi connectivity index (χ4n) is 4.92. The summed E-state index contributed by atoms with van der Waals surface area (Å²) in [6.07, 6.45) is 7.27. The minimum atomic E-state index is 0.472. The molecule has 0 spiro atoms. The Morgan fingerprint density at radius 2 is 1.87 bits per heavy atom. The third kappa shape index (κ3) is 4.86. The second-order valence-corrected chi connectivity index (χ2v) is 9.59. The number of nitrogens with two attached hydrogens (primary N) is 1. The number of hydrogen-bond acceptors (Lipinski definition) is 6. The molecule has 0 unspecified atom stereocenters. The molecule has 4 aromatic heterocycles. The summed E-state index contributed by atoms with van der Waals surface area (Å²) in [4.78, 5) is 8.74. The summed E-state index contributed by atoms with van der Waals surface area (Å²) in [7, 11) is 0. The molecule has 0 bridgehead atoms. The molecule has 3 N–H and O–H groups in total. The highest BCUT2D eigenvalue weighted by atomic mass is 15.3. The maximum atomic E-state index is 6.35. The van der Waals surface area contributed by atoms with Crippen molar-refractivity contribution in [3.8, 4) is 11.1 Å². The van der Waals surface area contributed by atoms with E-state index < -0.39 is 0 Å². The lowest BCUT2D eigenvalue weighted by atomic mass is 10.0. The minimum absolute atomic E-state index is 0.472. The van der Waals surface area contributed by atoms with Crippen LogP contribution in [-0.4, -0.2) is 35.9 Å². The maximum absolute atomic E-state index is 6.35. The molecule has 38 heavy (non-hydrogen) atoms. The first-order chi connectivity index (χ1) is 18.7. The standard InChI is InChI=1S/C30H30N8/c1-21-7-5-14-33-28(21)17-32-13-6-10-25-16-26(29-30(31)34-20-35-38(25)29)23-11-12-24-19-37(36-27(24)15-23)18-22-8-3-2-4-9-22/h2-5,7-9,11-12,14-16,19-20,32H,6,10,13,17-18H2,1H3,(H2,31,34,35). The number of pyridine rings is 1. The van der Waals surface area contributed by atoms with Gasteiger partial charge in [0.05, 0.1) is 17.8 Å². The van der Waals surface area contributed by atoms with Gasteiger partial charge in [0.25, 0.3) is 0 Å². The molecule has 6 rings (SSSR count). The molecule has 0 aliphatic carbocycles. The van der Waals surface area contributed by atoms with Crippen LogP contribution in [0.2, 0.25) is 0 Å². The van der Waals surface area contributed by atoms with E-state index in [9.17, 15) is 0 Å². The second kappa shape index (κ2) is 10.4. The van der Waals surface area contributed by atoms with Crippen LogP contribution in [0.1, 0.15) is 28.9 Å². The summed E-state index contributed by atoms with van der Waals surface area (Å²) < 4.78 is 3.92. The van der Waals surface area contributed by atoms with Crippen LogP contribution < -0.4 is 11.1 Å². The Morgan fingerprint density at radius 3 is 2.74 bits per heavy atom. The average molecular weight is 503 g/mol. The molecule has 0 aliphatic rings. The lowest BCUT2D eigenvalue weighted by molar-refractivity contribution is 0.629. The van der Waals surface area contributed by atoms with Gasteiger partial charge in [-0.15, -0.1) is 0 Å². The average Bonchev–Trinajstić information content (AvgIpc) is 3.51. The van der Waals surface area contributed by atoms with Crippen molar-refractivity contribution in [1.82, 2.24) is 34.7 Å². The molecular formula is C30H30N8. The van der Waals surface area contributed by atoms with E-state index in [0.29, 0.717) is 5.82 Å². The van der Waals surface area contributed by atoms with E-state index in [1.807, 2.05) is 27.5 Å². The van der Waals surface area contributed by atoms with Gasteiger partial charge >= 0.3 is 0 Å². The molecule has 0 fully saturated rings. The molecule has 2 aromatic carbocycles. The van der Waals surface area contributed by atoms with Crippen LogP contribution in [-0.2, 0) is 19.5 Å². The number of nitrogens with one attached hydrogen (secondary N) is 1. The highest BCUT2D eigenvalue weighted by Crippen LogP contribution is 2.32. The van der Waals surface area contributed by atoms with Crippen LogP contribution in [0.15, 0.2) is 85.5 Å². The first-order valence-electron chi connectivity index (χ1n) is 12.9. The molecule has 0 saturated heterocycles. The van der Waals surface area contributed by atoms with Crippen molar-refractivity contribution in [1.29, 1.82) is 0 Å². The van der Waals surface area contributed by atoms with Gasteiger partial charge in [-0.1, -0.05) is 48.5 Å². The lowest BCUT2D eigenvalue weighted by Crippen LogP contribution is -2.17. The molecule has 0 saturated carbocycles. The van der Waals surface area contributed by atoms with Gasteiger partial charge in [0, 0.05) is 35.6 Å². The van der Waals surface area contributed by atoms with E-state index in [1.165, 1.54) is 17.5 Å². The van der Waals surface area contributed by atoms with Crippen molar-refractivity contribution >= 4 is 22.2 Å². The van der Waals surface area contributed by atoms with Crippen LogP contribution in [0.25, 0.3) is 27.5 Å². The number of hydrogen-bond donors (Lipinski definition) is 2. The van der Waals surface area contributed by atoms with Crippen LogP contribution >= 0.6 is 0 Å². The third-order valence-electron chi connectivity index (χ3n) is 6.91. The molecule has 4 heterocycles. The maximum Gasteiger partial charge on any atom is 0.151 e. The Hall–Kier alpha value is -4.56. The third-order valence-corrected chi connectivity index (χ3v) is 6.91. The Balaban J connectivity index is 1.22.